The number of rotatable bonds is 7. The van der Waals surface area contributed by atoms with Crippen LogP contribution in [0.3, 0.4) is 0 Å². The standard InChI is InChI=1S/C22H25N3O5S/c1-14-7-5-6-8-18(14)29-11-12-30-19-10-9-17(13-20(19)28-4)21-25(16(3)27)24-22(31-21)23-15(2)26/h5-10,13,21H,11-12H2,1-4H3,(H,23,24,26)/t21-/m1/s1. The van der Waals surface area contributed by atoms with Crippen molar-refractivity contribution >= 4 is 28.7 Å². The van der Waals surface area contributed by atoms with E-state index in [2.05, 4.69) is 10.4 Å². The molecule has 0 unspecified atom stereocenters. The van der Waals surface area contributed by atoms with Gasteiger partial charge in [-0.25, -0.2) is 5.01 Å². The summed E-state index contributed by atoms with van der Waals surface area (Å²) in [5, 5.41) is 8.13. The van der Waals surface area contributed by atoms with Crippen molar-refractivity contribution in [1.29, 1.82) is 0 Å². The summed E-state index contributed by atoms with van der Waals surface area (Å²) < 4.78 is 17.1. The minimum atomic E-state index is -0.410. The van der Waals surface area contributed by atoms with Gasteiger partial charge in [0.25, 0.3) is 0 Å². The Hall–Kier alpha value is -3.20. The lowest BCUT2D eigenvalue weighted by atomic mass is 10.2. The van der Waals surface area contributed by atoms with E-state index in [1.807, 2.05) is 37.3 Å². The van der Waals surface area contributed by atoms with E-state index in [9.17, 15) is 9.59 Å². The Labute approximate surface area is 185 Å². The van der Waals surface area contributed by atoms with Crippen molar-refractivity contribution in [2.24, 2.45) is 5.10 Å². The molecule has 8 nitrogen and oxygen atoms in total. The van der Waals surface area contributed by atoms with Gasteiger partial charge in [0, 0.05) is 13.8 Å². The fraction of sp³-hybridized carbons (Fsp3) is 0.318. The van der Waals surface area contributed by atoms with Crippen molar-refractivity contribution in [3.8, 4) is 17.2 Å². The quantitative estimate of drug-likeness (QED) is 0.659. The topological polar surface area (TPSA) is 89.5 Å². The van der Waals surface area contributed by atoms with Crippen LogP contribution in [0.2, 0.25) is 0 Å². The predicted octanol–water partition coefficient (Wildman–Crippen LogP) is 3.46. The predicted molar refractivity (Wildman–Crippen MR) is 119 cm³/mol. The molecule has 1 aliphatic heterocycles. The number of amidine groups is 1. The molecule has 0 saturated heterocycles. The highest BCUT2D eigenvalue weighted by atomic mass is 32.2. The van der Waals surface area contributed by atoms with Gasteiger partial charge < -0.3 is 19.5 Å². The van der Waals surface area contributed by atoms with Gasteiger partial charge in [-0.2, -0.15) is 0 Å². The number of nitrogens with one attached hydrogen (secondary N) is 1. The molecule has 9 heteroatoms. The number of methoxy groups -OCH3 is 1. The van der Waals surface area contributed by atoms with E-state index in [1.165, 1.54) is 30.6 Å². The Morgan fingerprint density at radius 1 is 1.06 bits per heavy atom. The first kappa shape index (κ1) is 22.5. The van der Waals surface area contributed by atoms with E-state index in [1.54, 1.807) is 19.2 Å². The van der Waals surface area contributed by atoms with E-state index in [-0.39, 0.29) is 11.8 Å². The van der Waals surface area contributed by atoms with Crippen LogP contribution in [0.1, 0.15) is 30.3 Å². The summed E-state index contributed by atoms with van der Waals surface area (Å²) in [7, 11) is 1.56. The number of carbonyl (C=O) groups excluding carboxylic acids is 2. The van der Waals surface area contributed by atoms with Crippen LogP contribution in [0.25, 0.3) is 0 Å². The summed E-state index contributed by atoms with van der Waals surface area (Å²) in [5.41, 5.74) is 1.86. The molecule has 0 radical (unpaired) electrons. The van der Waals surface area contributed by atoms with Gasteiger partial charge in [-0.15, -0.1) is 5.10 Å². The van der Waals surface area contributed by atoms with Crippen LogP contribution >= 0.6 is 11.8 Å². The molecule has 1 aliphatic rings. The minimum absolute atomic E-state index is 0.231. The molecule has 1 N–H and O–H groups in total. The molecule has 2 aromatic carbocycles. The average Bonchev–Trinajstić information content (AvgIpc) is 3.16. The highest BCUT2D eigenvalue weighted by molar-refractivity contribution is 8.14. The van der Waals surface area contributed by atoms with Gasteiger partial charge in [-0.05, 0) is 36.2 Å². The molecular formula is C22H25N3O5S. The van der Waals surface area contributed by atoms with E-state index in [0.717, 1.165) is 16.9 Å². The maximum atomic E-state index is 12.0. The van der Waals surface area contributed by atoms with Crippen molar-refractivity contribution in [3.05, 3.63) is 53.6 Å². The number of benzene rings is 2. The molecular weight excluding hydrogens is 418 g/mol. The summed E-state index contributed by atoms with van der Waals surface area (Å²) in [6.07, 6.45) is 0. The Balaban J connectivity index is 1.66. The smallest absolute Gasteiger partial charge is 0.241 e. The maximum absolute atomic E-state index is 12.0. The molecule has 0 aromatic heterocycles. The molecule has 31 heavy (non-hydrogen) atoms. The molecule has 0 saturated carbocycles. The number of thioether (sulfide) groups is 1. The average molecular weight is 444 g/mol. The second-order valence-corrected chi connectivity index (χ2v) is 7.86. The zero-order chi connectivity index (χ0) is 22.4. The summed E-state index contributed by atoms with van der Waals surface area (Å²) in [6, 6.07) is 13.2. The number of hydrazone groups is 1. The van der Waals surface area contributed by atoms with Gasteiger partial charge in [-0.1, -0.05) is 36.0 Å². The van der Waals surface area contributed by atoms with Crippen LogP contribution in [-0.4, -0.2) is 42.3 Å². The van der Waals surface area contributed by atoms with Gasteiger partial charge in [-0.3, -0.25) is 9.59 Å². The van der Waals surface area contributed by atoms with Crippen molar-refractivity contribution in [3.63, 3.8) is 0 Å². The van der Waals surface area contributed by atoms with Gasteiger partial charge in [0.05, 0.1) is 7.11 Å². The van der Waals surface area contributed by atoms with Crippen molar-refractivity contribution in [2.75, 3.05) is 20.3 Å². The van der Waals surface area contributed by atoms with E-state index < -0.39 is 5.37 Å². The first-order chi connectivity index (χ1) is 14.9. The minimum Gasteiger partial charge on any atom is -0.493 e. The molecule has 0 spiro atoms. The van der Waals surface area contributed by atoms with Crippen LogP contribution in [0.5, 0.6) is 17.2 Å². The van der Waals surface area contributed by atoms with Crippen molar-refractivity contribution in [1.82, 2.24) is 10.3 Å². The molecule has 2 amide bonds. The number of para-hydroxylation sites is 1. The van der Waals surface area contributed by atoms with Crippen LogP contribution in [0.15, 0.2) is 47.6 Å². The molecule has 2 aromatic rings. The first-order valence-corrected chi connectivity index (χ1v) is 10.6. The first-order valence-electron chi connectivity index (χ1n) is 9.71. The highest BCUT2D eigenvalue weighted by Gasteiger charge is 2.32. The zero-order valence-electron chi connectivity index (χ0n) is 17.9. The molecule has 0 aliphatic carbocycles. The number of carbonyl (C=O) groups is 2. The van der Waals surface area contributed by atoms with E-state index in [0.29, 0.717) is 29.9 Å². The van der Waals surface area contributed by atoms with Crippen molar-refractivity contribution in [2.45, 2.75) is 26.1 Å². The molecule has 3 rings (SSSR count). The number of amides is 2. The lowest BCUT2D eigenvalue weighted by Gasteiger charge is -2.20. The Kier molecular flexibility index (Phi) is 7.41. The third-order valence-electron chi connectivity index (χ3n) is 4.41. The lowest BCUT2D eigenvalue weighted by molar-refractivity contribution is -0.129. The van der Waals surface area contributed by atoms with Gasteiger partial charge in [0.2, 0.25) is 11.8 Å². The summed E-state index contributed by atoms with van der Waals surface area (Å²) in [4.78, 5) is 23.4. The van der Waals surface area contributed by atoms with E-state index >= 15 is 0 Å². The number of hydrogen-bond donors (Lipinski definition) is 1. The second kappa shape index (κ2) is 10.2. The number of ether oxygens (including phenoxy) is 3. The number of aryl methyl sites for hydroxylation is 1. The second-order valence-electron chi connectivity index (χ2n) is 6.79. The molecule has 1 atom stereocenters. The van der Waals surface area contributed by atoms with Gasteiger partial charge >= 0.3 is 0 Å². The van der Waals surface area contributed by atoms with Crippen LogP contribution in [-0.2, 0) is 9.59 Å². The Bertz CT molecular complexity index is 995. The SMILES string of the molecule is COc1cc([C@H]2SC(NC(C)=O)=NN2C(C)=O)ccc1OCCOc1ccccc1C. The number of nitrogens with zero attached hydrogens (tertiary/aromatic N) is 2. The van der Waals surface area contributed by atoms with Gasteiger partial charge in [0.1, 0.15) is 24.3 Å². The largest absolute Gasteiger partial charge is 0.493 e. The molecule has 0 bridgehead atoms. The molecule has 164 valence electrons. The lowest BCUT2D eigenvalue weighted by Crippen LogP contribution is -2.25. The zero-order valence-corrected chi connectivity index (χ0v) is 18.7. The molecule has 0 fully saturated rings. The monoisotopic (exact) mass is 443 g/mol. The van der Waals surface area contributed by atoms with Gasteiger partial charge in [0.15, 0.2) is 16.7 Å². The van der Waals surface area contributed by atoms with Crippen LogP contribution in [0, 0.1) is 6.92 Å². The Morgan fingerprint density at radius 2 is 1.77 bits per heavy atom. The third kappa shape index (κ3) is 5.69. The fourth-order valence-electron chi connectivity index (χ4n) is 2.96. The third-order valence-corrected chi connectivity index (χ3v) is 5.52. The maximum Gasteiger partial charge on any atom is 0.241 e. The summed E-state index contributed by atoms with van der Waals surface area (Å²) in [6.45, 7) is 5.55. The van der Waals surface area contributed by atoms with E-state index in [4.69, 9.17) is 14.2 Å². The van der Waals surface area contributed by atoms with Crippen molar-refractivity contribution < 1.29 is 23.8 Å². The highest BCUT2D eigenvalue weighted by Crippen LogP contribution is 2.41. The normalized spacial score (nSPS) is 15.3. The summed E-state index contributed by atoms with van der Waals surface area (Å²) >= 11 is 1.28. The van der Waals surface area contributed by atoms with Crippen LogP contribution < -0.4 is 19.5 Å². The fourth-order valence-corrected chi connectivity index (χ4v) is 4.09. The van der Waals surface area contributed by atoms with Crippen LogP contribution in [0.4, 0.5) is 0 Å². The molecule has 1 heterocycles. The summed E-state index contributed by atoms with van der Waals surface area (Å²) in [5.74, 6) is 1.45. The number of hydrogen-bond acceptors (Lipinski definition) is 7. The Morgan fingerprint density at radius 3 is 2.42 bits per heavy atom.